The van der Waals surface area contributed by atoms with Gasteiger partial charge in [-0.2, -0.15) is 0 Å². The van der Waals surface area contributed by atoms with Gasteiger partial charge in [0.05, 0.1) is 5.02 Å². The van der Waals surface area contributed by atoms with E-state index in [-0.39, 0.29) is 0 Å². The van der Waals surface area contributed by atoms with E-state index in [9.17, 15) is 4.79 Å². The number of pyridine rings is 1. The van der Waals surface area contributed by atoms with Crippen LogP contribution < -0.4 is 10.2 Å². The summed E-state index contributed by atoms with van der Waals surface area (Å²) in [5, 5.41) is 9.93. The molecule has 2 N–H and O–H groups in total. The highest BCUT2D eigenvalue weighted by Crippen LogP contribution is 2.32. The smallest absolute Gasteiger partial charge is 0.284 e. The minimum Gasteiger partial charge on any atom is -0.479 e. The molecule has 0 bridgehead atoms. The van der Waals surface area contributed by atoms with Crippen molar-refractivity contribution in [1.82, 2.24) is 10.5 Å². The zero-order valence-corrected chi connectivity index (χ0v) is 11.2. The average Bonchev–Trinajstić information content (AvgIpc) is 2.41. The molecule has 1 heterocycles. The number of aryl methyl sites for hydroxylation is 1. The molecule has 19 heavy (non-hydrogen) atoms. The number of nitrogens with zero attached hydrogens (tertiary/aromatic N) is 1. The van der Waals surface area contributed by atoms with E-state index in [2.05, 4.69) is 4.98 Å². The fourth-order valence-electron chi connectivity index (χ4n) is 1.79. The minimum atomic E-state index is -0.836. The Bertz CT molecular complexity index is 622. The van der Waals surface area contributed by atoms with Crippen molar-refractivity contribution in [1.29, 1.82) is 0 Å². The van der Waals surface area contributed by atoms with Gasteiger partial charge in [-0.05, 0) is 37.6 Å². The molecule has 0 radical (unpaired) electrons. The van der Waals surface area contributed by atoms with E-state index < -0.39 is 12.0 Å². The van der Waals surface area contributed by atoms with Gasteiger partial charge in [0.2, 0.25) is 0 Å². The van der Waals surface area contributed by atoms with Gasteiger partial charge in [0, 0.05) is 11.6 Å². The molecule has 0 fully saturated rings. The third-order valence-electron chi connectivity index (χ3n) is 2.80. The van der Waals surface area contributed by atoms with Gasteiger partial charge >= 0.3 is 0 Å². The van der Waals surface area contributed by atoms with Crippen molar-refractivity contribution in [3.8, 4) is 5.75 Å². The fourth-order valence-corrected chi connectivity index (χ4v) is 2.09. The highest BCUT2D eigenvalue weighted by Gasteiger charge is 2.16. The van der Waals surface area contributed by atoms with Gasteiger partial charge in [-0.1, -0.05) is 11.6 Å². The summed E-state index contributed by atoms with van der Waals surface area (Å²) < 4.78 is 5.50. The number of nitrogens with one attached hydrogen (secondary N) is 1. The van der Waals surface area contributed by atoms with E-state index in [4.69, 9.17) is 21.5 Å². The molecule has 1 atom stereocenters. The van der Waals surface area contributed by atoms with Crippen LogP contribution in [0.4, 0.5) is 0 Å². The largest absolute Gasteiger partial charge is 0.479 e. The molecule has 0 spiro atoms. The van der Waals surface area contributed by atoms with Crippen LogP contribution in [0.15, 0.2) is 24.4 Å². The fraction of sp³-hybridized carbons (Fsp3) is 0.231. The maximum atomic E-state index is 11.3. The summed E-state index contributed by atoms with van der Waals surface area (Å²) in [7, 11) is 0. The Morgan fingerprint density at radius 1 is 1.47 bits per heavy atom. The summed E-state index contributed by atoms with van der Waals surface area (Å²) in [6.07, 6.45) is 0.814. The number of hydroxylamine groups is 1. The summed E-state index contributed by atoms with van der Waals surface area (Å²) in [6.45, 7) is 3.45. The number of carbonyl (C=O) groups is 1. The molecular formula is C13H13ClN2O3. The first kappa shape index (κ1) is 13.6. The molecule has 0 saturated carbocycles. The molecule has 0 aliphatic rings. The summed E-state index contributed by atoms with van der Waals surface area (Å²) >= 11 is 6.15. The molecular weight excluding hydrogens is 268 g/mol. The number of fused-ring (bicyclic) bond motifs is 1. The molecule has 1 aromatic carbocycles. The normalized spacial score (nSPS) is 12.2. The Balaban J connectivity index is 2.48. The second kappa shape index (κ2) is 5.42. The third kappa shape index (κ3) is 2.62. The lowest BCUT2D eigenvalue weighted by Gasteiger charge is -2.15. The first-order valence-electron chi connectivity index (χ1n) is 5.69. The summed E-state index contributed by atoms with van der Waals surface area (Å²) in [5.74, 6) is -0.185. The molecule has 0 aliphatic carbocycles. The average molecular weight is 281 g/mol. The second-order valence-electron chi connectivity index (χ2n) is 4.13. The zero-order chi connectivity index (χ0) is 14.0. The highest BCUT2D eigenvalue weighted by molar-refractivity contribution is 6.35. The molecule has 6 heteroatoms. The maximum absolute atomic E-state index is 11.3. The molecule has 100 valence electrons. The minimum absolute atomic E-state index is 0.444. The lowest BCUT2D eigenvalue weighted by Crippen LogP contribution is -2.34. The number of amides is 1. The number of rotatable bonds is 3. The van der Waals surface area contributed by atoms with E-state index in [1.807, 2.05) is 13.0 Å². The topological polar surface area (TPSA) is 71.5 Å². The van der Waals surface area contributed by atoms with Gasteiger partial charge < -0.3 is 4.74 Å². The lowest BCUT2D eigenvalue weighted by molar-refractivity contribution is -0.135. The van der Waals surface area contributed by atoms with Gasteiger partial charge in [0.25, 0.3) is 5.91 Å². The van der Waals surface area contributed by atoms with Crippen LogP contribution in [-0.4, -0.2) is 22.2 Å². The number of aromatic nitrogens is 1. The Morgan fingerprint density at radius 2 is 2.21 bits per heavy atom. The van der Waals surface area contributed by atoms with Crippen LogP contribution >= 0.6 is 11.6 Å². The molecule has 1 aromatic heterocycles. The van der Waals surface area contributed by atoms with Crippen molar-refractivity contribution < 1.29 is 14.7 Å². The molecule has 2 aromatic rings. The summed E-state index contributed by atoms with van der Waals surface area (Å²) in [4.78, 5) is 15.5. The Labute approximate surface area is 115 Å². The van der Waals surface area contributed by atoms with Crippen LogP contribution in [-0.2, 0) is 4.79 Å². The van der Waals surface area contributed by atoms with Crippen LogP contribution in [0, 0.1) is 6.92 Å². The first-order valence-corrected chi connectivity index (χ1v) is 6.07. The molecule has 5 nitrogen and oxygen atoms in total. The lowest BCUT2D eigenvalue weighted by atomic mass is 10.1. The second-order valence-corrected chi connectivity index (χ2v) is 4.54. The van der Waals surface area contributed by atoms with Crippen LogP contribution in [0.25, 0.3) is 10.9 Å². The van der Waals surface area contributed by atoms with Gasteiger partial charge in [-0.3, -0.25) is 15.0 Å². The van der Waals surface area contributed by atoms with Crippen LogP contribution in [0.1, 0.15) is 12.5 Å². The molecule has 1 amide bonds. The molecule has 0 aliphatic heterocycles. The number of hydrogen-bond donors (Lipinski definition) is 2. The first-order chi connectivity index (χ1) is 9.04. The standard InChI is InChI=1S/C13H13ClN2O3/c1-7-5-6-15-12-10(4-3-9(14)11(7)12)19-8(2)13(17)16-18/h3-6,8,18H,1-2H3,(H,16,17). The van der Waals surface area contributed by atoms with Gasteiger partial charge in [0.1, 0.15) is 11.3 Å². The number of ether oxygens (including phenoxy) is 1. The maximum Gasteiger partial charge on any atom is 0.284 e. The monoisotopic (exact) mass is 280 g/mol. The van der Waals surface area contributed by atoms with Crippen molar-refractivity contribution in [2.45, 2.75) is 20.0 Å². The predicted molar refractivity (Wildman–Crippen MR) is 71.5 cm³/mol. The van der Waals surface area contributed by atoms with E-state index in [1.54, 1.807) is 23.8 Å². The number of hydrogen-bond acceptors (Lipinski definition) is 4. The third-order valence-corrected chi connectivity index (χ3v) is 3.11. The van der Waals surface area contributed by atoms with Crippen molar-refractivity contribution in [2.75, 3.05) is 0 Å². The van der Waals surface area contributed by atoms with E-state index >= 15 is 0 Å². The van der Waals surface area contributed by atoms with Crippen molar-refractivity contribution >= 4 is 28.4 Å². The van der Waals surface area contributed by atoms with Crippen LogP contribution in [0.2, 0.25) is 5.02 Å². The van der Waals surface area contributed by atoms with Crippen molar-refractivity contribution in [3.05, 3.63) is 35.0 Å². The molecule has 2 rings (SSSR count). The van der Waals surface area contributed by atoms with Crippen molar-refractivity contribution in [2.24, 2.45) is 0 Å². The highest BCUT2D eigenvalue weighted by atomic mass is 35.5. The predicted octanol–water partition coefficient (Wildman–Crippen LogP) is 2.47. The van der Waals surface area contributed by atoms with E-state index in [1.165, 1.54) is 6.92 Å². The van der Waals surface area contributed by atoms with Crippen molar-refractivity contribution in [3.63, 3.8) is 0 Å². The summed E-state index contributed by atoms with van der Waals surface area (Å²) in [5.41, 5.74) is 3.11. The number of halogens is 1. The van der Waals surface area contributed by atoms with Crippen LogP contribution in [0.3, 0.4) is 0 Å². The Hall–Kier alpha value is -1.85. The van der Waals surface area contributed by atoms with Gasteiger partial charge in [0.15, 0.2) is 6.10 Å². The number of carbonyl (C=O) groups excluding carboxylic acids is 1. The van der Waals surface area contributed by atoms with Gasteiger partial charge in [-0.25, -0.2) is 5.48 Å². The molecule has 1 unspecified atom stereocenters. The van der Waals surface area contributed by atoms with E-state index in [0.717, 1.165) is 10.9 Å². The summed E-state index contributed by atoms with van der Waals surface area (Å²) in [6, 6.07) is 5.19. The van der Waals surface area contributed by atoms with Crippen LogP contribution in [0.5, 0.6) is 5.75 Å². The van der Waals surface area contributed by atoms with Gasteiger partial charge in [-0.15, -0.1) is 0 Å². The number of benzene rings is 1. The van der Waals surface area contributed by atoms with E-state index in [0.29, 0.717) is 16.3 Å². The quantitative estimate of drug-likeness (QED) is 0.669. The SMILES string of the molecule is Cc1ccnc2c(OC(C)C(=O)NO)ccc(Cl)c12. The Morgan fingerprint density at radius 3 is 2.89 bits per heavy atom. The molecule has 0 saturated heterocycles. The zero-order valence-electron chi connectivity index (χ0n) is 10.5. The Kier molecular flexibility index (Phi) is 3.87.